The van der Waals surface area contributed by atoms with Crippen molar-refractivity contribution >= 4 is 17.3 Å². The maximum absolute atomic E-state index is 13.3. The predicted molar refractivity (Wildman–Crippen MR) is 126 cm³/mol. The van der Waals surface area contributed by atoms with E-state index in [1.165, 1.54) is 0 Å². The molecule has 2 heterocycles. The Morgan fingerprint density at radius 1 is 1.24 bits per heavy atom. The molecule has 3 N–H and O–H groups in total. The number of aromatic amines is 1. The number of ether oxygens (including phenoxy) is 1. The molecule has 1 saturated carbocycles. The Morgan fingerprint density at radius 3 is 2.82 bits per heavy atom. The van der Waals surface area contributed by atoms with Crippen LogP contribution in [0.3, 0.4) is 0 Å². The zero-order chi connectivity index (χ0) is 22.6. The summed E-state index contributed by atoms with van der Waals surface area (Å²) in [6.45, 7) is 4.92. The van der Waals surface area contributed by atoms with Crippen molar-refractivity contribution in [1.29, 1.82) is 0 Å². The van der Waals surface area contributed by atoms with Crippen molar-refractivity contribution in [2.45, 2.75) is 38.3 Å². The number of para-hydroxylation sites is 1. The van der Waals surface area contributed by atoms with Crippen molar-refractivity contribution in [3.05, 3.63) is 48.5 Å². The van der Waals surface area contributed by atoms with Crippen molar-refractivity contribution < 1.29 is 9.53 Å². The second-order valence-corrected chi connectivity index (χ2v) is 8.85. The summed E-state index contributed by atoms with van der Waals surface area (Å²) in [4.78, 5) is 15.6. The standard InChI is InChI=1S/C24H29N7O2/c1-16-15-31(12-11-25-16)18-9-10-21(20(14-18)23-27-29-30-28-23)26-24(32)22(13-17-7-8-17)33-19-5-3-2-4-6-19/h2-6,9-10,14,16-17,22,25H,7-8,11-13,15H2,1H3,(H,26,32)(H,27,28,29,30)/t16-,22-/m0/s1. The topological polar surface area (TPSA) is 108 Å². The van der Waals surface area contributed by atoms with Crippen LogP contribution in [0.25, 0.3) is 11.4 Å². The lowest BCUT2D eigenvalue weighted by atomic mass is 10.1. The first-order valence-electron chi connectivity index (χ1n) is 11.5. The van der Waals surface area contributed by atoms with Crippen LogP contribution in [0.2, 0.25) is 0 Å². The predicted octanol–water partition coefficient (Wildman–Crippen LogP) is 2.85. The number of aromatic nitrogens is 4. The van der Waals surface area contributed by atoms with Gasteiger partial charge in [0.1, 0.15) is 5.75 Å². The summed E-state index contributed by atoms with van der Waals surface area (Å²) in [5, 5.41) is 21.1. The molecule has 1 amide bonds. The van der Waals surface area contributed by atoms with E-state index in [9.17, 15) is 4.79 Å². The fraction of sp³-hybridized carbons (Fsp3) is 0.417. The maximum Gasteiger partial charge on any atom is 0.265 e. The fourth-order valence-corrected chi connectivity index (χ4v) is 4.21. The minimum Gasteiger partial charge on any atom is -0.481 e. The zero-order valence-corrected chi connectivity index (χ0v) is 18.7. The summed E-state index contributed by atoms with van der Waals surface area (Å²) in [7, 11) is 0. The summed E-state index contributed by atoms with van der Waals surface area (Å²) in [5.41, 5.74) is 2.44. The third-order valence-electron chi connectivity index (χ3n) is 6.14. The van der Waals surface area contributed by atoms with Crippen LogP contribution in [-0.2, 0) is 4.79 Å². The normalized spacial score (nSPS) is 19.2. The van der Waals surface area contributed by atoms with Crippen LogP contribution in [-0.4, -0.2) is 58.3 Å². The third-order valence-corrected chi connectivity index (χ3v) is 6.14. The number of nitrogens with one attached hydrogen (secondary N) is 3. The summed E-state index contributed by atoms with van der Waals surface area (Å²) < 4.78 is 6.08. The number of tetrazole rings is 1. The van der Waals surface area contributed by atoms with Crippen LogP contribution in [0.1, 0.15) is 26.2 Å². The van der Waals surface area contributed by atoms with Gasteiger partial charge in [0, 0.05) is 36.9 Å². The van der Waals surface area contributed by atoms with Crippen LogP contribution in [0.4, 0.5) is 11.4 Å². The lowest BCUT2D eigenvalue weighted by molar-refractivity contribution is -0.123. The first-order valence-corrected chi connectivity index (χ1v) is 11.5. The Kier molecular flexibility index (Phi) is 6.21. The average molecular weight is 448 g/mol. The number of benzene rings is 2. The lowest BCUT2D eigenvalue weighted by Gasteiger charge is -2.34. The SMILES string of the molecule is C[C@H]1CN(c2ccc(NC(=O)[C@H](CC3CC3)Oc3ccccc3)c(-c3nn[nH]n3)c2)CCN1. The van der Waals surface area contributed by atoms with E-state index >= 15 is 0 Å². The number of carbonyl (C=O) groups excluding carboxylic acids is 1. The Balaban J connectivity index is 1.39. The van der Waals surface area contributed by atoms with Gasteiger partial charge in [0.15, 0.2) is 6.10 Å². The molecule has 5 rings (SSSR count). The van der Waals surface area contributed by atoms with Gasteiger partial charge in [-0.25, -0.2) is 0 Å². The van der Waals surface area contributed by atoms with Gasteiger partial charge in [-0.15, -0.1) is 10.2 Å². The van der Waals surface area contributed by atoms with Crippen LogP contribution >= 0.6 is 0 Å². The van der Waals surface area contributed by atoms with Crippen molar-refractivity contribution in [1.82, 2.24) is 25.9 Å². The molecule has 0 unspecified atom stereocenters. The summed E-state index contributed by atoms with van der Waals surface area (Å²) >= 11 is 0. The number of nitrogens with zero attached hydrogens (tertiary/aromatic N) is 4. The van der Waals surface area contributed by atoms with Crippen molar-refractivity contribution in [2.24, 2.45) is 5.92 Å². The number of hydrogen-bond donors (Lipinski definition) is 3. The van der Waals surface area contributed by atoms with E-state index in [-0.39, 0.29) is 5.91 Å². The number of rotatable bonds is 8. The quantitative estimate of drug-likeness (QED) is 0.487. The Morgan fingerprint density at radius 2 is 2.09 bits per heavy atom. The smallest absolute Gasteiger partial charge is 0.265 e. The Labute approximate surface area is 192 Å². The highest BCUT2D eigenvalue weighted by Crippen LogP contribution is 2.35. The second-order valence-electron chi connectivity index (χ2n) is 8.85. The van der Waals surface area contributed by atoms with Gasteiger partial charge in [0.2, 0.25) is 5.82 Å². The molecule has 1 aliphatic heterocycles. The van der Waals surface area contributed by atoms with Gasteiger partial charge < -0.3 is 20.3 Å². The summed E-state index contributed by atoms with van der Waals surface area (Å²) in [6.07, 6.45) is 2.43. The molecular formula is C24H29N7O2. The molecule has 172 valence electrons. The van der Waals surface area contributed by atoms with E-state index in [4.69, 9.17) is 4.74 Å². The molecular weight excluding hydrogens is 418 g/mol. The van der Waals surface area contributed by atoms with E-state index in [0.717, 1.165) is 43.7 Å². The number of piperazine rings is 1. The van der Waals surface area contributed by atoms with E-state index in [1.807, 2.05) is 48.5 Å². The highest BCUT2D eigenvalue weighted by molar-refractivity contribution is 5.98. The molecule has 33 heavy (non-hydrogen) atoms. The van der Waals surface area contributed by atoms with Gasteiger partial charge >= 0.3 is 0 Å². The molecule has 2 aromatic carbocycles. The largest absolute Gasteiger partial charge is 0.481 e. The van der Waals surface area contributed by atoms with Crippen LogP contribution in [0.5, 0.6) is 5.75 Å². The maximum atomic E-state index is 13.3. The van der Waals surface area contributed by atoms with E-state index in [2.05, 4.69) is 43.1 Å². The number of H-pyrrole nitrogens is 1. The number of hydrogen-bond acceptors (Lipinski definition) is 7. The molecule has 0 spiro atoms. The molecule has 0 radical (unpaired) electrons. The first-order chi connectivity index (χ1) is 16.2. The van der Waals surface area contributed by atoms with Gasteiger partial charge in [-0.2, -0.15) is 5.21 Å². The van der Waals surface area contributed by atoms with Gasteiger partial charge in [-0.05, 0) is 54.8 Å². The lowest BCUT2D eigenvalue weighted by Crippen LogP contribution is -2.49. The number of amides is 1. The highest BCUT2D eigenvalue weighted by Gasteiger charge is 2.31. The molecule has 1 saturated heterocycles. The second kappa shape index (κ2) is 9.58. The molecule has 1 aromatic heterocycles. The van der Waals surface area contributed by atoms with Crippen molar-refractivity contribution in [2.75, 3.05) is 29.9 Å². The van der Waals surface area contributed by atoms with Gasteiger partial charge in [0.25, 0.3) is 5.91 Å². The van der Waals surface area contributed by atoms with Crippen molar-refractivity contribution in [3.63, 3.8) is 0 Å². The van der Waals surface area contributed by atoms with Crippen molar-refractivity contribution in [3.8, 4) is 17.1 Å². The minimum absolute atomic E-state index is 0.168. The molecule has 9 nitrogen and oxygen atoms in total. The molecule has 9 heteroatoms. The fourth-order valence-electron chi connectivity index (χ4n) is 4.21. The molecule has 0 bridgehead atoms. The van der Waals surface area contributed by atoms with Gasteiger partial charge in [-0.1, -0.05) is 31.0 Å². The van der Waals surface area contributed by atoms with Crippen LogP contribution < -0.4 is 20.3 Å². The highest BCUT2D eigenvalue weighted by atomic mass is 16.5. The van der Waals surface area contributed by atoms with E-state index < -0.39 is 6.10 Å². The first kappa shape index (κ1) is 21.4. The zero-order valence-electron chi connectivity index (χ0n) is 18.7. The Hall–Kier alpha value is -3.46. The molecule has 2 fully saturated rings. The summed E-state index contributed by atoms with van der Waals surface area (Å²) in [6, 6.07) is 15.9. The van der Waals surface area contributed by atoms with E-state index in [0.29, 0.717) is 35.6 Å². The number of carbonyl (C=O) groups is 1. The average Bonchev–Trinajstić information content (AvgIpc) is 3.48. The molecule has 2 atom stereocenters. The minimum atomic E-state index is -0.563. The Bertz CT molecular complexity index is 1070. The summed E-state index contributed by atoms with van der Waals surface area (Å²) in [5.74, 6) is 1.51. The third kappa shape index (κ3) is 5.31. The molecule has 3 aromatic rings. The molecule has 1 aliphatic carbocycles. The van der Waals surface area contributed by atoms with Crippen LogP contribution in [0, 0.1) is 5.92 Å². The van der Waals surface area contributed by atoms with E-state index in [1.54, 1.807) is 0 Å². The van der Waals surface area contributed by atoms with Gasteiger partial charge in [0.05, 0.1) is 5.69 Å². The monoisotopic (exact) mass is 447 g/mol. The van der Waals surface area contributed by atoms with Gasteiger partial charge in [-0.3, -0.25) is 4.79 Å². The number of anilines is 2. The molecule has 2 aliphatic rings. The van der Waals surface area contributed by atoms with Crippen LogP contribution in [0.15, 0.2) is 48.5 Å².